The van der Waals surface area contributed by atoms with E-state index < -0.39 is 0 Å². The van der Waals surface area contributed by atoms with Gasteiger partial charge in [0, 0.05) is 11.3 Å². The lowest BCUT2D eigenvalue weighted by atomic mass is 10.0. The van der Waals surface area contributed by atoms with Crippen LogP contribution < -0.4 is 14.8 Å². The Labute approximate surface area is 159 Å². The van der Waals surface area contributed by atoms with Crippen molar-refractivity contribution < 1.29 is 14.3 Å². The molecule has 0 spiro atoms. The summed E-state index contributed by atoms with van der Waals surface area (Å²) in [7, 11) is 3.24. The molecule has 0 aromatic heterocycles. The summed E-state index contributed by atoms with van der Waals surface area (Å²) in [5, 5.41) is 2.95. The molecular weight excluding hydrogens is 338 g/mol. The standard InChI is InChI=1S/C23H21NO3/c1-26-20-12-8-17(9-13-20)16-22(18-6-4-3-5-7-18)23(25)24-19-10-14-21(27-2)15-11-19/h3-16H,1-2H3,(H,24,25)/b22-16-. The molecule has 0 aliphatic heterocycles. The number of anilines is 1. The molecule has 3 rings (SSSR count). The van der Waals surface area contributed by atoms with Gasteiger partial charge in [-0.2, -0.15) is 0 Å². The fourth-order valence-corrected chi connectivity index (χ4v) is 2.64. The summed E-state index contributed by atoms with van der Waals surface area (Å²) in [5.74, 6) is 1.34. The maximum Gasteiger partial charge on any atom is 0.256 e. The molecule has 3 aromatic rings. The van der Waals surface area contributed by atoms with Gasteiger partial charge in [0.15, 0.2) is 0 Å². The van der Waals surface area contributed by atoms with Gasteiger partial charge in [0.2, 0.25) is 0 Å². The van der Waals surface area contributed by atoms with Crippen LogP contribution in [0, 0.1) is 0 Å². The van der Waals surface area contributed by atoms with E-state index >= 15 is 0 Å². The zero-order valence-corrected chi connectivity index (χ0v) is 15.3. The van der Waals surface area contributed by atoms with E-state index in [1.807, 2.05) is 84.9 Å². The monoisotopic (exact) mass is 359 g/mol. The third-order valence-corrected chi connectivity index (χ3v) is 4.10. The Morgan fingerprint density at radius 3 is 1.89 bits per heavy atom. The number of carbonyl (C=O) groups excluding carboxylic acids is 1. The normalized spacial score (nSPS) is 11.0. The topological polar surface area (TPSA) is 47.6 Å². The number of hydrogen-bond acceptors (Lipinski definition) is 3. The minimum Gasteiger partial charge on any atom is -0.497 e. The Hall–Kier alpha value is -3.53. The van der Waals surface area contributed by atoms with E-state index in [0.29, 0.717) is 11.3 Å². The SMILES string of the molecule is COc1ccc(/C=C(\C(=O)Nc2ccc(OC)cc2)c2ccccc2)cc1. The van der Waals surface area contributed by atoms with Crippen LogP contribution in [0.4, 0.5) is 5.69 Å². The van der Waals surface area contributed by atoms with Crippen molar-refractivity contribution in [2.24, 2.45) is 0 Å². The molecule has 0 unspecified atom stereocenters. The summed E-state index contributed by atoms with van der Waals surface area (Å²) < 4.78 is 10.3. The van der Waals surface area contributed by atoms with E-state index in [0.717, 1.165) is 22.6 Å². The first-order chi connectivity index (χ1) is 13.2. The molecule has 3 aromatic carbocycles. The van der Waals surface area contributed by atoms with Crippen molar-refractivity contribution in [3.63, 3.8) is 0 Å². The van der Waals surface area contributed by atoms with Crippen LogP contribution in [0.3, 0.4) is 0 Å². The van der Waals surface area contributed by atoms with Gasteiger partial charge >= 0.3 is 0 Å². The summed E-state index contributed by atoms with van der Waals surface area (Å²) in [6, 6.07) is 24.4. The number of amides is 1. The van der Waals surface area contributed by atoms with Crippen LogP contribution in [-0.4, -0.2) is 20.1 Å². The third-order valence-electron chi connectivity index (χ3n) is 4.10. The highest BCUT2D eigenvalue weighted by Crippen LogP contribution is 2.23. The minimum absolute atomic E-state index is 0.179. The third kappa shape index (κ3) is 4.76. The molecule has 1 N–H and O–H groups in total. The Balaban J connectivity index is 1.91. The number of carbonyl (C=O) groups is 1. The first-order valence-electron chi connectivity index (χ1n) is 8.56. The molecule has 136 valence electrons. The van der Waals surface area contributed by atoms with Crippen molar-refractivity contribution in [1.82, 2.24) is 0 Å². The predicted octanol–water partition coefficient (Wildman–Crippen LogP) is 4.88. The van der Waals surface area contributed by atoms with Gasteiger partial charge in [-0.25, -0.2) is 0 Å². The zero-order chi connectivity index (χ0) is 19.1. The highest BCUT2D eigenvalue weighted by atomic mass is 16.5. The van der Waals surface area contributed by atoms with Gasteiger partial charge in [-0.3, -0.25) is 4.79 Å². The second kappa shape index (κ2) is 8.72. The van der Waals surface area contributed by atoms with Crippen LogP contribution in [0.5, 0.6) is 11.5 Å². The summed E-state index contributed by atoms with van der Waals surface area (Å²) in [4.78, 5) is 13.0. The molecular formula is C23H21NO3. The maximum absolute atomic E-state index is 13.0. The Morgan fingerprint density at radius 2 is 1.33 bits per heavy atom. The van der Waals surface area contributed by atoms with Gasteiger partial charge in [-0.05, 0) is 53.6 Å². The van der Waals surface area contributed by atoms with Crippen molar-refractivity contribution in [2.75, 3.05) is 19.5 Å². The van der Waals surface area contributed by atoms with Crippen molar-refractivity contribution in [1.29, 1.82) is 0 Å². The molecule has 0 saturated heterocycles. The van der Waals surface area contributed by atoms with Crippen LogP contribution in [0.1, 0.15) is 11.1 Å². The Bertz CT molecular complexity index is 914. The number of rotatable bonds is 6. The molecule has 0 saturated carbocycles. The zero-order valence-electron chi connectivity index (χ0n) is 15.3. The summed E-state index contributed by atoms with van der Waals surface area (Å²) >= 11 is 0. The Morgan fingerprint density at radius 1 is 0.778 bits per heavy atom. The van der Waals surface area contributed by atoms with Crippen LogP contribution >= 0.6 is 0 Å². The molecule has 4 heteroatoms. The molecule has 0 radical (unpaired) electrons. The lowest BCUT2D eigenvalue weighted by Crippen LogP contribution is -2.13. The first-order valence-corrected chi connectivity index (χ1v) is 8.56. The minimum atomic E-state index is -0.179. The van der Waals surface area contributed by atoms with Crippen molar-refractivity contribution in [2.45, 2.75) is 0 Å². The fraction of sp³-hybridized carbons (Fsp3) is 0.0870. The number of ether oxygens (including phenoxy) is 2. The highest BCUT2D eigenvalue weighted by Gasteiger charge is 2.12. The fourth-order valence-electron chi connectivity index (χ4n) is 2.64. The van der Waals surface area contributed by atoms with E-state index in [4.69, 9.17) is 9.47 Å². The van der Waals surface area contributed by atoms with Crippen molar-refractivity contribution in [3.05, 3.63) is 90.0 Å². The van der Waals surface area contributed by atoms with E-state index in [1.165, 1.54) is 0 Å². The molecule has 4 nitrogen and oxygen atoms in total. The maximum atomic E-state index is 13.0. The van der Waals surface area contributed by atoms with Gasteiger partial charge < -0.3 is 14.8 Å². The van der Waals surface area contributed by atoms with Gasteiger partial charge in [-0.1, -0.05) is 42.5 Å². The average Bonchev–Trinajstić information content (AvgIpc) is 2.73. The van der Waals surface area contributed by atoms with Gasteiger partial charge in [0.1, 0.15) is 11.5 Å². The lowest BCUT2D eigenvalue weighted by Gasteiger charge is -2.11. The van der Waals surface area contributed by atoms with Crippen molar-refractivity contribution in [3.8, 4) is 11.5 Å². The number of hydrogen-bond donors (Lipinski definition) is 1. The smallest absolute Gasteiger partial charge is 0.256 e. The molecule has 0 aliphatic rings. The Kier molecular flexibility index (Phi) is 5.90. The van der Waals surface area contributed by atoms with Crippen LogP contribution in [0.2, 0.25) is 0 Å². The molecule has 0 atom stereocenters. The van der Waals surface area contributed by atoms with Crippen LogP contribution in [-0.2, 0) is 4.79 Å². The summed E-state index contributed by atoms with van der Waals surface area (Å²) in [6.45, 7) is 0. The highest BCUT2D eigenvalue weighted by molar-refractivity contribution is 6.29. The molecule has 0 bridgehead atoms. The summed E-state index contributed by atoms with van der Waals surface area (Å²) in [5.41, 5.74) is 3.05. The number of benzene rings is 3. The van der Waals surface area contributed by atoms with Gasteiger partial charge in [0.05, 0.1) is 14.2 Å². The second-order valence-electron chi connectivity index (χ2n) is 5.88. The summed E-state index contributed by atoms with van der Waals surface area (Å²) in [6.07, 6.45) is 1.87. The van der Waals surface area contributed by atoms with Crippen LogP contribution in [0.25, 0.3) is 11.6 Å². The largest absolute Gasteiger partial charge is 0.497 e. The van der Waals surface area contributed by atoms with Gasteiger partial charge in [-0.15, -0.1) is 0 Å². The predicted molar refractivity (Wildman–Crippen MR) is 109 cm³/mol. The second-order valence-corrected chi connectivity index (χ2v) is 5.88. The van der Waals surface area contributed by atoms with E-state index in [1.54, 1.807) is 14.2 Å². The molecule has 1 amide bonds. The van der Waals surface area contributed by atoms with Crippen molar-refractivity contribution >= 4 is 23.2 Å². The lowest BCUT2D eigenvalue weighted by molar-refractivity contribution is -0.111. The number of methoxy groups -OCH3 is 2. The molecule has 27 heavy (non-hydrogen) atoms. The number of nitrogens with one attached hydrogen (secondary N) is 1. The van der Waals surface area contributed by atoms with Crippen LogP contribution in [0.15, 0.2) is 78.9 Å². The average molecular weight is 359 g/mol. The molecule has 0 aliphatic carbocycles. The first kappa shape index (κ1) is 18.3. The molecule has 0 fully saturated rings. The van der Waals surface area contributed by atoms with E-state index in [9.17, 15) is 4.79 Å². The quantitative estimate of drug-likeness (QED) is 0.504. The van der Waals surface area contributed by atoms with Gasteiger partial charge in [0.25, 0.3) is 5.91 Å². The van der Waals surface area contributed by atoms with E-state index in [-0.39, 0.29) is 5.91 Å². The molecule has 0 heterocycles. The van der Waals surface area contributed by atoms with E-state index in [2.05, 4.69) is 5.32 Å².